The molecule has 1 nitrogen and oxygen atoms in total. The lowest BCUT2D eigenvalue weighted by Crippen LogP contribution is -1.75. The van der Waals surface area contributed by atoms with Gasteiger partial charge < -0.3 is 0 Å². The molecule has 1 heteroatoms. The molecule has 0 saturated heterocycles. The maximum absolute atomic E-state index is 4.23. The summed E-state index contributed by atoms with van der Waals surface area (Å²) in [5.41, 5.74) is 2.09. The zero-order valence-corrected chi connectivity index (χ0v) is 7.72. The van der Waals surface area contributed by atoms with Gasteiger partial charge in [0.05, 0.1) is 0 Å². The van der Waals surface area contributed by atoms with Crippen molar-refractivity contribution in [2.75, 3.05) is 0 Å². The Kier molecular flexibility index (Phi) is 5.44. The van der Waals surface area contributed by atoms with Crippen LogP contribution in [0, 0.1) is 0 Å². The van der Waals surface area contributed by atoms with Gasteiger partial charge in [0.15, 0.2) is 0 Å². The predicted octanol–water partition coefficient (Wildman–Crippen LogP) is 3.34. The van der Waals surface area contributed by atoms with Crippen molar-refractivity contribution in [3.05, 3.63) is 23.9 Å². The van der Waals surface area contributed by atoms with Crippen molar-refractivity contribution in [1.82, 2.24) is 0 Å². The van der Waals surface area contributed by atoms with Crippen LogP contribution in [0.5, 0.6) is 0 Å². The summed E-state index contributed by atoms with van der Waals surface area (Å²) in [6, 6.07) is 0. The smallest absolute Gasteiger partial charge is 0.0371 e. The standard InChI is InChI=1S/C10H17N/c1-5-6-7-11-10(4)8-9(2)3/h7-8H,2,5-6H2,1,3-4H3/b10-8-,11-7?. The number of unbranched alkanes of at least 4 members (excludes halogenated alkanes) is 1. The lowest BCUT2D eigenvalue weighted by atomic mass is 10.3. The summed E-state index contributed by atoms with van der Waals surface area (Å²) in [4.78, 5) is 4.23. The van der Waals surface area contributed by atoms with Crippen LogP contribution in [0.15, 0.2) is 28.9 Å². The van der Waals surface area contributed by atoms with E-state index in [0.29, 0.717) is 0 Å². The fourth-order valence-electron chi connectivity index (χ4n) is 0.732. The number of nitrogens with zero attached hydrogens (tertiary/aromatic N) is 1. The first kappa shape index (κ1) is 10.2. The second-order valence-corrected chi connectivity index (χ2v) is 2.73. The Morgan fingerprint density at radius 1 is 1.45 bits per heavy atom. The molecule has 0 aliphatic heterocycles. The van der Waals surface area contributed by atoms with Crippen LogP contribution in [0.4, 0.5) is 0 Å². The minimum atomic E-state index is 1.03. The molecule has 0 unspecified atom stereocenters. The predicted molar refractivity (Wildman–Crippen MR) is 52.0 cm³/mol. The molecule has 0 atom stereocenters. The van der Waals surface area contributed by atoms with Gasteiger partial charge in [0.2, 0.25) is 0 Å². The van der Waals surface area contributed by atoms with Crippen molar-refractivity contribution in [3.63, 3.8) is 0 Å². The van der Waals surface area contributed by atoms with Gasteiger partial charge >= 0.3 is 0 Å². The molecule has 0 aromatic carbocycles. The highest BCUT2D eigenvalue weighted by molar-refractivity contribution is 5.58. The number of hydrogen-bond acceptors (Lipinski definition) is 1. The molecule has 0 saturated carbocycles. The van der Waals surface area contributed by atoms with Gasteiger partial charge in [-0.15, -0.1) is 0 Å². The average molecular weight is 151 g/mol. The summed E-state index contributed by atoms with van der Waals surface area (Å²) < 4.78 is 0. The van der Waals surface area contributed by atoms with E-state index in [1.54, 1.807) is 0 Å². The molecule has 0 fully saturated rings. The third-order valence-electron chi connectivity index (χ3n) is 1.17. The van der Waals surface area contributed by atoms with E-state index in [4.69, 9.17) is 0 Å². The second kappa shape index (κ2) is 5.90. The minimum absolute atomic E-state index is 1.03. The van der Waals surface area contributed by atoms with Crippen LogP contribution < -0.4 is 0 Å². The van der Waals surface area contributed by atoms with Crippen LogP contribution in [-0.2, 0) is 0 Å². The second-order valence-electron chi connectivity index (χ2n) is 2.73. The van der Waals surface area contributed by atoms with Gasteiger partial charge in [0, 0.05) is 11.9 Å². The van der Waals surface area contributed by atoms with Gasteiger partial charge in [-0.3, -0.25) is 4.99 Å². The van der Waals surface area contributed by atoms with Crippen LogP contribution >= 0.6 is 0 Å². The molecule has 0 aromatic rings. The van der Waals surface area contributed by atoms with E-state index in [-0.39, 0.29) is 0 Å². The van der Waals surface area contributed by atoms with E-state index >= 15 is 0 Å². The van der Waals surface area contributed by atoms with E-state index in [2.05, 4.69) is 18.5 Å². The molecule has 0 spiro atoms. The van der Waals surface area contributed by atoms with E-state index in [0.717, 1.165) is 24.1 Å². The molecular formula is C10H17N. The van der Waals surface area contributed by atoms with E-state index in [9.17, 15) is 0 Å². The fraction of sp³-hybridized carbons (Fsp3) is 0.500. The Bertz CT molecular complexity index is 175. The quantitative estimate of drug-likeness (QED) is 0.431. The zero-order valence-electron chi connectivity index (χ0n) is 7.72. The highest BCUT2D eigenvalue weighted by Gasteiger charge is 1.81. The van der Waals surface area contributed by atoms with Crippen molar-refractivity contribution in [3.8, 4) is 0 Å². The first-order valence-corrected chi connectivity index (χ1v) is 4.03. The molecule has 0 rings (SSSR count). The zero-order chi connectivity index (χ0) is 8.69. The molecular weight excluding hydrogens is 134 g/mol. The van der Waals surface area contributed by atoms with Crippen molar-refractivity contribution in [1.29, 1.82) is 0 Å². The molecule has 11 heavy (non-hydrogen) atoms. The fourth-order valence-corrected chi connectivity index (χ4v) is 0.732. The van der Waals surface area contributed by atoms with Gasteiger partial charge in [-0.25, -0.2) is 0 Å². The molecule has 0 N–H and O–H groups in total. The van der Waals surface area contributed by atoms with Gasteiger partial charge in [0.25, 0.3) is 0 Å². The van der Waals surface area contributed by atoms with Gasteiger partial charge in [-0.05, 0) is 26.3 Å². The molecule has 0 aliphatic rings. The van der Waals surface area contributed by atoms with Crippen molar-refractivity contribution >= 4 is 6.21 Å². The minimum Gasteiger partial charge on any atom is -0.266 e. The monoisotopic (exact) mass is 151 g/mol. The number of hydrogen-bond donors (Lipinski definition) is 0. The number of allylic oxidation sites excluding steroid dienone is 3. The maximum atomic E-state index is 4.23. The summed E-state index contributed by atoms with van der Waals surface area (Å²) in [7, 11) is 0. The lowest BCUT2D eigenvalue weighted by molar-refractivity contribution is 1.00. The highest BCUT2D eigenvalue weighted by atomic mass is 14.7. The van der Waals surface area contributed by atoms with E-state index < -0.39 is 0 Å². The molecule has 0 aliphatic carbocycles. The summed E-state index contributed by atoms with van der Waals surface area (Å²) in [5, 5.41) is 0. The van der Waals surface area contributed by atoms with Gasteiger partial charge in [0.1, 0.15) is 0 Å². The van der Waals surface area contributed by atoms with Gasteiger partial charge in [-0.2, -0.15) is 0 Å². The summed E-state index contributed by atoms with van der Waals surface area (Å²) in [5.74, 6) is 0. The van der Waals surface area contributed by atoms with Crippen LogP contribution in [0.2, 0.25) is 0 Å². The van der Waals surface area contributed by atoms with Crippen LogP contribution in [0.3, 0.4) is 0 Å². The topological polar surface area (TPSA) is 12.4 Å². The SMILES string of the molecule is C=C(C)/C=C(/C)N=CCCC. The van der Waals surface area contributed by atoms with E-state index in [1.807, 2.05) is 26.1 Å². The Balaban J connectivity index is 3.85. The molecule has 0 heterocycles. The Morgan fingerprint density at radius 3 is 2.55 bits per heavy atom. The molecule has 62 valence electrons. The highest BCUT2D eigenvalue weighted by Crippen LogP contribution is 1.99. The van der Waals surface area contributed by atoms with Crippen LogP contribution in [0.25, 0.3) is 0 Å². The largest absolute Gasteiger partial charge is 0.266 e. The third kappa shape index (κ3) is 7.04. The molecule has 0 bridgehead atoms. The molecule has 0 aromatic heterocycles. The van der Waals surface area contributed by atoms with Crippen molar-refractivity contribution in [2.24, 2.45) is 4.99 Å². The first-order chi connectivity index (χ1) is 5.16. The molecule has 0 amide bonds. The Labute approximate surface area is 69.5 Å². The van der Waals surface area contributed by atoms with Crippen LogP contribution in [0.1, 0.15) is 33.6 Å². The first-order valence-electron chi connectivity index (χ1n) is 4.03. The number of aliphatic imine (C=N–C) groups is 1. The summed E-state index contributed by atoms with van der Waals surface area (Å²) >= 11 is 0. The summed E-state index contributed by atoms with van der Waals surface area (Å²) in [6.45, 7) is 9.87. The Morgan fingerprint density at radius 2 is 2.09 bits per heavy atom. The van der Waals surface area contributed by atoms with E-state index in [1.165, 1.54) is 0 Å². The number of rotatable bonds is 4. The third-order valence-corrected chi connectivity index (χ3v) is 1.17. The lowest BCUT2D eigenvalue weighted by Gasteiger charge is -1.91. The van der Waals surface area contributed by atoms with Crippen molar-refractivity contribution in [2.45, 2.75) is 33.6 Å². The van der Waals surface area contributed by atoms with Crippen LogP contribution in [-0.4, -0.2) is 6.21 Å². The normalized spacial score (nSPS) is 12.5. The molecule has 0 radical (unpaired) electrons. The summed E-state index contributed by atoms with van der Waals surface area (Å²) in [6.07, 6.45) is 6.14. The average Bonchev–Trinajstić information content (AvgIpc) is 1.86. The van der Waals surface area contributed by atoms with Crippen molar-refractivity contribution < 1.29 is 0 Å². The Hall–Kier alpha value is -0.850. The van der Waals surface area contributed by atoms with Gasteiger partial charge in [-0.1, -0.05) is 25.5 Å². The maximum Gasteiger partial charge on any atom is 0.0371 e.